The van der Waals surface area contributed by atoms with Gasteiger partial charge in [-0.05, 0) is 18.2 Å². The van der Waals surface area contributed by atoms with E-state index in [0.29, 0.717) is 12.1 Å². The highest BCUT2D eigenvalue weighted by Gasteiger charge is 2.32. The number of anilines is 2. The highest BCUT2D eigenvalue weighted by molar-refractivity contribution is 5.90. The number of halogens is 1. The number of ether oxygens (including phenoxy) is 1. The maximum atomic E-state index is 14.0. The summed E-state index contributed by atoms with van der Waals surface area (Å²) in [4.78, 5) is 35.7. The van der Waals surface area contributed by atoms with Gasteiger partial charge in [0, 0.05) is 14.0 Å². The lowest BCUT2D eigenvalue weighted by Gasteiger charge is -2.16. The lowest BCUT2D eigenvalue weighted by atomic mass is 10.2. The second-order valence-electron chi connectivity index (χ2n) is 4.91. The van der Waals surface area contributed by atoms with Crippen molar-refractivity contribution in [2.24, 2.45) is 0 Å². The number of hydrogen-bond acceptors (Lipinski definition) is 4. The van der Waals surface area contributed by atoms with Gasteiger partial charge in [0.25, 0.3) is 0 Å². The van der Waals surface area contributed by atoms with Crippen LogP contribution in [0.2, 0.25) is 0 Å². The van der Waals surface area contributed by atoms with Crippen molar-refractivity contribution in [3.8, 4) is 0 Å². The van der Waals surface area contributed by atoms with Crippen LogP contribution in [0.1, 0.15) is 6.92 Å². The van der Waals surface area contributed by atoms with E-state index in [2.05, 4.69) is 5.32 Å². The average Bonchev–Trinajstić information content (AvgIpc) is 2.85. The molecule has 1 N–H and O–H groups in total. The largest absolute Gasteiger partial charge is 0.442 e. The molecular formula is C14H16FN3O4. The van der Waals surface area contributed by atoms with E-state index in [1.165, 1.54) is 31.0 Å². The molecule has 7 nitrogen and oxygen atoms in total. The highest BCUT2D eigenvalue weighted by Crippen LogP contribution is 2.26. The van der Waals surface area contributed by atoms with Crippen LogP contribution in [0.3, 0.4) is 0 Å². The third-order valence-electron chi connectivity index (χ3n) is 3.23. The van der Waals surface area contributed by atoms with Crippen LogP contribution < -0.4 is 15.1 Å². The van der Waals surface area contributed by atoms with E-state index in [0.717, 1.165) is 11.0 Å². The molecule has 0 aromatic heterocycles. The number of amides is 3. The average molecular weight is 309 g/mol. The molecule has 1 unspecified atom stereocenters. The molecule has 3 amide bonds. The number of cyclic esters (lactones) is 1. The molecule has 1 atom stereocenters. The van der Waals surface area contributed by atoms with Crippen molar-refractivity contribution in [2.75, 3.05) is 29.9 Å². The van der Waals surface area contributed by atoms with Gasteiger partial charge in [-0.2, -0.15) is 0 Å². The van der Waals surface area contributed by atoms with Gasteiger partial charge in [-0.15, -0.1) is 0 Å². The van der Waals surface area contributed by atoms with Crippen LogP contribution in [-0.4, -0.2) is 44.7 Å². The van der Waals surface area contributed by atoms with Crippen LogP contribution in [0.4, 0.5) is 20.6 Å². The quantitative estimate of drug-likeness (QED) is 0.819. The fraction of sp³-hybridized carbons (Fsp3) is 0.357. The fourth-order valence-electron chi connectivity index (χ4n) is 2.10. The smallest absolute Gasteiger partial charge is 0.414 e. The first-order chi connectivity index (χ1) is 10.4. The van der Waals surface area contributed by atoms with E-state index >= 15 is 0 Å². The normalized spacial score (nSPS) is 17.1. The van der Waals surface area contributed by atoms with E-state index in [4.69, 9.17) is 4.74 Å². The Labute approximate surface area is 126 Å². The molecule has 1 aromatic rings. The summed E-state index contributed by atoms with van der Waals surface area (Å²) in [6.07, 6.45) is -0.603. The minimum Gasteiger partial charge on any atom is -0.442 e. The summed E-state index contributed by atoms with van der Waals surface area (Å²) in [5.74, 6) is -0.841. The molecule has 1 aliphatic rings. The number of rotatable bonds is 5. The zero-order valence-electron chi connectivity index (χ0n) is 12.2. The summed E-state index contributed by atoms with van der Waals surface area (Å²) in [6, 6.07) is 4.10. The third-order valence-corrected chi connectivity index (χ3v) is 3.23. The second kappa shape index (κ2) is 6.42. The number of nitrogens with one attached hydrogen (secondary N) is 1. The minimum atomic E-state index is -0.620. The van der Waals surface area contributed by atoms with Crippen molar-refractivity contribution in [3.05, 3.63) is 24.0 Å². The first kappa shape index (κ1) is 15.7. The number of nitrogens with zero attached hydrogens (tertiary/aromatic N) is 2. The van der Waals surface area contributed by atoms with E-state index in [1.807, 2.05) is 0 Å². The SMILES string of the molecule is CC(=O)NCC1CN(c2ccc(N(C)C=O)c(F)c2)C(=O)O1. The zero-order valence-corrected chi connectivity index (χ0v) is 12.2. The third kappa shape index (κ3) is 3.33. The summed E-state index contributed by atoms with van der Waals surface area (Å²) >= 11 is 0. The molecule has 0 radical (unpaired) electrons. The van der Waals surface area contributed by atoms with E-state index in [9.17, 15) is 18.8 Å². The minimum absolute atomic E-state index is 0.112. The van der Waals surface area contributed by atoms with Gasteiger partial charge in [0.1, 0.15) is 11.9 Å². The maximum Gasteiger partial charge on any atom is 0.414 e. The molecule has 22 heavy (non-hydrogen) atoms. The lowest BCUT2D eigenvalue weighted by molar-refractivity contribution is -0.119. The summed E-state index contributed by atoms with van der Waals surface area (Å²) in [5, 5.41) is 2.56. The zero-order chi connectivity index (χ0) is 16.3. The molecule has 0 aliphatic carbocycles. The number of hydrogen-bond donors (Lipinski definition) is 1. The summed E-state index contributed by atoms with van der Waals surface area (Å²) < 4.78 is 19.1. The van der Waals surface area contributed by atoms with Crippen LogP contribution in [0.5, 0.6) is 0 Å². The van der Waals surface area contributed by atoms with Gasteiger partial charge in [0.2, 0.25) is 12.3 Å². The van der Waals surface area contributed by atoms with Crippen molar-refractivity contribution < 1.29 is 23.5 Å². The number of carbonyl (C=O) groups is 3. The summed E-state index contributed by atoms with van der Waals surface area (Å²) in [5.41, 5.74) is 0.442. The van der Waals surface area contributed by atoms with Crippen molar-refractivity contribution in [1.29, 1.82) is 0 Å². The number of carbonyl (C=O) groups excluding carboxylic acids is 3. The topological polar surface area (TPSA) is 79.0 Å². The molecule has 0 bridgehead atoms. The lowest BCUT2D eigenvalue weighted by Crippen LogP contribution is -2.33. The summed E-state index contributed by atoms with van der Waals surface area (Å²) in [6.45, 7) is 1.78. The van der Waals surface area contributed by atoms with Crippen molar-refractivity contribution in [1.82, 2.24) is 5.32 Å². The Balaban J connectivity index is 2.11. The Morgan fingerprint density at radius 1 is 1.59 bits per heavy atom. The Morgan fingerprint density at radius 3 is 2.91 bits per heavy atom. The predicted molar refractivity (Wildman–Crippen MR) is 77.2 cm³/mol. The number of benzene rings is 1. The molecular weight excluding hydrogens is 293 g/mol. The van der Waals surface area contributed by atoms with Gasteiger partial charge >= 0.3 is 6.09 Å². The van der Waals surface area contributed by atoms with Gasteiger partial charge in [0.05, 0.1) is 24.5 Å². The predicted octanol–water partition coefficient (Wildman–Crippen LogP) is 0.880. The van der Waals surface area contributed by atoms with Gasteiger partial charge < -0.3 is 15.0 Å². The van der Waals surface area contributed by atoms with Crippen LogP contribution in [0.25, 0.3) is 0 Å². The molecule has 1 fully saturated rings. The van der Waals surface area contributed by atoms with Crippen molar-refractivity contribution >= 4 is 29.8 Å². The first-order valence-electron chi connectivity index (χ1n) is 6.62. The molecule has 0 spiro atoms. The molecule has 1 aliphatic heterocycles. The Morgan fingerprint density at radius 2 is 2.32 bits per heavy atom. The van der Waals surface area contributed by atoms with Crippen molar-refractivity contribution in [3.63, 3.8) is 0 Å². The monoisotopic (exact) mass is 309 g/mol. The van der Waals surface area contributed by atoms with E-state index < -0.39 is 18.0 Å². The molecule has 0 saturated carbocycles. The van der Waals surface area contributed by atoms with Gasteiger partial charge in [-0.1, -0.05) is 0 Å². The molecule has 2 rings (SSSR count). The Hall–Kier alpha value is -2.64. The van der Waals surface area contributed by atoms with Crippen LogP contribution in [0, 0.1) is 5.82 Å². The van der Waals surface area contributed by atoms with Crippen LogP contribution in [0.15, 0.2) is 18.2 Å². The molecule has 1 heterocycles. The van der Waals surface area contributed by atoms with Gasteiger partial charge in [-0.3, -0.25) is 14.5 Å². The van der Waals surface area contributed by atoms with E-state index in [1.54, 1.807) is 0 Å². The maximum absolute atomic E-state index is 14.0. The standard InChI is InChI=1S/C14H16FN3O4/c1-9(20)16-6-11-7-18(14(21)22-11)10-3-4-13(12(15)5-10)17(2)8-19/h3-5,8,11H,6-7H2,1-2H3,(H,16,20). The first-order valence-corrected chi connectivity index (χ1v) is 6.62. The van der Waals surface area contributed by atoms with Gasteiger partial charge in [0.15, 0.2) is 0 Å². The van der Waals surface area contributed by atoms with E-state index in [-0.39, 0.29) is 24.7 Å². The van der Waals surface area contributed by atoms with Gasteiger partial charge in [-0.25, -0.2) is 9.18 Å². The second-order valence-corrected chi connectivity index (χ2v) is 4.91. The summed E-state index contributed by atoms with van der Waals surface area (Å²) in [7, 11) is 1.43. The molecule has 1 aromatic carbocycles. The Kier molecular flexibility index (Phi) is 4.59. The molecule has 118 valence electrons. The highest BCUT2D eigenvalue weighted by atomic mass is 19.1. The van der Waals surface area contributed by atoms with Crippen LogP contribution >= 0.6 is 0 Å². The van der Waals surface area contributed by atoms with Crippen molar-refractivity contribution in [2.45, 2.75) is 13.0 Å². The van der Waals surface area contributed by atoms with Crippen LogP contribution in [-0.2, 0) is 14.3 Å². The Bertz CT molecular complexity index is 608. The molecule has 8 heteroatoms. The molecule has 1 saturated heterocycles. The fourth-order valence-corrected chi connectivity index (χ4v) is 2.10.